The van der Waals surface area contributed by atoms with Gasteiger partial charge in [0.2, 0.25) is 11.8 Å². The van der Waals surface area contributed by atoms with E-state index in [2.05, 4.69) is 29.8 Å². The van der Waals surface area contributed by atoms with E-state index in [4.69, 9.17) is 0 Å². The summed E-state index contributed by atoms with van der Waals surface area (Å²) in [6.45, 7) is 7.57. The van der Waals surface area contributed by atoms with Crippen LogP contribution in [0.15, 0.2) is 41.6 Å². The van der Waals surface area contributed by atoms with Gasteiger partial charge in [-0.15, -0.1) is 0 Å². The van der Waals surface area contributed by atoms with Crippen LogP contribution >= 0.6 is 0 Å². The molecule has 2 amide bonds. The molecule has 3 rings (SSSR count). The molecular weight excluding hydrogens is 392 g/mol. The SMILES string of the molecule is Cc1ccc(S(=O)(=O)N2C=CNC(=O)[C@H]2CC(=O)N[C@H]2CCNCC2(C)C)cc1. The average molecular weight is 421 g/mol. The lowest BCUT2D eigenvalue weighted by Gasteiger charge is -2.40. The normalized spacial score (nSPS) is 24.1. The predicted octanol–water partition coefficient (Wildman–Crippen LogP) is 0.850. The Kier molecular flexibility index (Phi) is 6.00. The van der Waals surface area contributed by atoms with E-state index in [0.717, 1.165) is 29.4 Å². The van der Waals surface area contributed by atoms with Gasteiger partial charge in [0.05, 0.1) is 11.3 Å². The molecule has 0 radical (unpaired) electrons. The van der Waals surface area contributed by atoms with Crippen molar-refractivity contribution in [3.8, 4) is 0 Å². The van der Waals surface area contributed by atoms with Gasteiger partial charge in [0.25, 0.3) is 10.0 Å². The molecule has 1 aromatic rings. The van der Waals surface area contributed by atoms with Gasteiger partial charge in [-0.05, 0) is 37.4 Å². The van der Waals surface area contributed by atoms with E-state index >= 15 is 0 Å². The van der Waals surface area contributed by atoms with Gasteiger partial charge >= 0.3 is 0 Å². The van der Waals surface area contributed by atoms with Crippen molar-refractivity contribution in [2.24, 2.45) is 5.41 Å². The molecule has 0 aromatic heterocycles. The second-order valence-electron chi connectivity index (χ2n) is 8.27. The first-order valence-corrected chi connectivity index (χ1v) is 11.1. The van der Waals surface area contributed by atoms with Crippen molar-refractivity contribution < 1.29 is 18.0 Å². The zero-order valence-electron chi connectivity index (χ0n) is 16.9. The van der Waals surface area contributed by atoms with E-state index in [1.165, 1.54) is 24.5 Å². The van der Waals surface area contributed by atoms with Crippen LogP contribution in [0.25, 0.3) is 0 Å². The molecule has 2 heterocycles. The van der Waals surface area contributed by atoms with E-state index in [0.29, 0.717) is 0 Å². The number of benzene rings is 1. The van der Waals surface area contributed by atoms with Crippen LogP contribution in [-0.4, -0.2) is 49.7 Å². The van der Waals surface area contributed by atoms with Crippen LogP contribution in [-0.2, 0) is 19.6 Å². The lowest BCUT2D eigenvalue weighted by atomic mass is 9.80. The molecule has 1 saturated heterocycles. The molecule has 2 aliphatic rings. The van der Waals surface area contributed by atoms with E-state index in [1.807, 2.05) is 6.92 Å². The van der Waals surface area contributed by atoms with Crippen LogP contribution in [0.5, 0.6) is 0 Å². The molecule has 29 heavy (non-hydrogen) atoms. The molecule has 158 valence electrons. The number of carbonyl (C=O) groups is 2. The zero-order valence-corrected chi connectivity index (χ0v) is 17.8. The van der Waals surface area contributed by atoms with Gasteiger partial charge in [-0.3, -0.25) is 13.9 Å². The highest BCUT2D eigenvalue weighted by atomic mass is 32.2. The maximum atomic E-state index is 13.1. The number of nitrogens with one attached hydrogen (secondary N) is 3. The smallest absolute Gasteiger partial charge is 0.264 e. The highest BCUT2D eigenvalue weighted by molar-refractivity contribution is 7.89. The maximum Gasteiger partial charge on any atom is 0.264 e. The molecule has 0 spiro atoms. The average Bonchev–Trinajstić information content (AvgIpc) is 2.65. The molecule has 2 aliphatic heterocycles. The first-order valence-electron chi connectivity index (χ1n) is 9.68. The van der Waals surface area contributed by atoms with Crippen LogP contribution in [0.3, 0.4) is 0 Å². The van der Waals surface area contributed by atoms with Crippen molar-refractivity contribution in [2.75, 3.05) is 13.1 Å². The number of hydrogen-bond donors (Lipinski definition) is 3. The molecule has 1 aromatic carbocycles. The summed E-state index contributed by atoms with van der Waals surface area (Å²) >= 11 is 0. The Bertz CT molecular complexity index is 909. The molecular formula is C20H28N4O4S. The Morgan fingerprint density at radius 3 is 2.62 bits per heavy atom. The Hall–Kier alpha value is -2.39. The Morgan fingerprint density at radius 2 is 1.97 bits per heavy atom. The number of hydrogen-bond acceptors (Lipinski definition) is 5. The minimum Gasteiger partial charge on any atom is -0.353 e. The molecule has 0 unspecified atom stereocenters. The maximum absolute atomic E-state index is 13.1. The number of piperidine rings is 1. The lowest BCUT2D eigenvalue weighted by molar-refractivity contribution is -0.130. The fraction of sp³-hybridized carbons (Fsp3) is 0.500. The molecule has 0 saturated carbocycles. The summed E-state index contributed by atoms with van der Waals surface area (Å²) in [5, 5.41) is 8.80. The fourth-order valence-electron chi connectivity index (χ4n) is 3.64. The molecule has 0 aliphatic carbocycles. The van der Waals surface area contributed by atoms with E-state index in [-0.39, 0.29) is 28.7 Å². The largest absolute Gasteiger partial charge is 0.353 e. The summed E-state index contributed by atoms with van der Waals surface area (Å²) in [6.07, 6.45) is 3.10. The summed E-state index contributed by atoms with van der Waals surface area (Å²) in [7, 11) is -3.97. The second-order valence-corrected chi connectivity index (χ2v) is 10.1. The van der Waals surface area contributed by atoms with Crippen molar-refractivity contribution in [1.82, 2.24) is 20.3 Å². The van der Waals surface area contributed by atoms with E-state index in [1.54, 1.807) is 12.1 Å². The molecule has 2 atom stereocenters. The minimum atomic E-state index is -3.97. The number of sulfonamides is 1. The topological polar surface area (TPSA) is 108 Å². The summed E-state index contributed by atoms with van der Waals surface area (Å²) < 4.78 is 27.1. The minimum absolute atomic E-state index is 0.0411. The standard InChI is InChI=1S/C20H28N4O4S/c1-14-4-6-15(7-5-14)29(27,28)24-11-10-22-19(26)16(24)12-18(25)23-17-8-9-21-13-20(17,2)3/h4-7,10-11,16-17,21H,8-9,12-13H2,1-3H3,(H,22,26)(H,23,25)/t16-,17+/m1/s1. The van der Waals surface area contributed by atoms with Crippen LogP contribution in [0.1, 0.15) is 32.3 Å². The summed E-state index contributed by atoms with van der Waals surface area (Å²) in [6, 6.07) is 5.21. The van der Waals surface area contributed by atoms with E-state index < -0.39 is 22.0 Å². The van der Waals surface area contributed by atoms with Gasteiger partial charge < -0.3 is 16.0 Å². The summed E-state index contributed by atoms with van der Waals surface area (Å²) in [5.41, 5.74) is 0.799. The molecule has 0 bridgehead atoms. The quantitative estimate of drug-likeness (QED) is 0.655. The highest BCUT2D eigenvalue weighted by Gasteiger charge is 2.38. The van der Waals surface area contributed by atoms with Gasteiger partial charge in [-0.25, -0.2) is 8.42 Å². The monoisotopic (exact) mass is 420 g/mol. The predicted molar refractivity (Wildman–Crippen MR) is 109 cm³/mol. The van der Waals surface area contributed by atoms with Gasteiger partial charge in [-0.1, -0.05) is 31.5 Å². The van der Waals surface area contributed by atoms with Gasteiger partial charge in [-0.2, -0.15) is 0 Å². The third-order valence-electron chi connectivity index (χ3n) is 5.50. The zero-order chi connectivity index (χ0) is 21.2. The van der Waals surface area contributed by atoms with E-state index in [9.17, 15) is 18.0 Å². The molecule has 3 N–H and O–H groups in total. The van der Waals surface area contributed by atoms with Crippen molar-refractivity contribution in [3.05, 3.63) is 42.2 Å². The number of aryl methyl sites for hydroxylation is 1. The van der Waals surface area contributed by atoms with Crippen LogP contribution in [0, 0.1) is 12.3 Å². The molecule has 9 heteroatoms. The van der Waals surface area contributed by atoms with Crippen molar-refractivity contribution in [2.45, 2.75) is 50.6 Å². The first kappa shape index (κ1) is 21.3. The highest BCUT2D eigenvalue weighted by Crippen LogP contribution is 2.26. The van der Waals surface area contributed by atoms with Crippen molar-refractivity contribution in [3.63, 3.8) is 0 Å². The van der Waals surface area contributed by atoms with Crippen molar-refractivity contribution in [1.29, 1.82) is 0 Å². The third kappa shape index (κ3) is 4.62. The third-order valence-corrected chi connectivity index (χ3v) is 7.30. The number of nitrogens with zero attached hydrogens (tertiary/aromatic N) is 1. The van der Waals surface area contributed by atoms with Gasteiger partial charge in [0, 0.05) is 25.0 Å². The second kappa shape index (κ2) is 8.16. The first-order chi connectivity index (χ1) is 13.6. The van der Waals surface area contributed by atoms with Crippen molar-refractivity contribution >= 4 is 21.8 Å². The lowest BCUT2D eigenvalue weighted by Crippen LogP contribution is -2.56. The summed E-state index contributed by atoms with van der Waals surface area (Å²) in [5.74, 6) is -0.868. The number of rotatable bonds is 5. The van der Waals surface area contributed by atoms with Crippen LogP contribution < -0.4 is 16.0 Å². The Balaban J connectivity index is 1.79. The number of carbonyl (C=O) groups excluding carboxylic acids is 2. The Morgan fingerprint density at radius 1 is 1.28 bits per heavy atom. The van der Waals surface area contributed by atoms with Gasteiger partial charge in [0.1, 0.15) is 6.04 Å². The Labute approximate surface area is 171 Å². The molecule has 8 nitrogen and oxygen atoms in total. The fourth-order valence-corrected chi connectivity index (χ4v) is 5.09. The van der Waals surface area contributed by atoms with Crippen LogP contribution in [0.2, 0.25) is 0 Å². The molecule has 1 fully saturated rings. The summed E-state index contributed by atoms with van der Waals surface area (Å²) in [4.78, 5) is 25.2. The van der Waals surface area contributed by atoms with Gasteiger partial charge in [0.15, 0.2) is 0 Å². The van der Waals surface area contributed by atoms with Crippen LogP contribution in [0.4, 0.5) is 0 Å². The number of amides is 2.